The number of carbonyl (C=O) groups is 1. The topological polar surface area (TPSA) is 57.8 Å². The van der Waals surface area contributed by atoms with Crippen LogP contribution in [0.5, 0.6) is 0 Å². The number of rotatable bonds is 4. The molecule has 1 aromatic carbocycles. The van der Waals surface area contributed by atoms with E-state index in [0.29, 0.717) is 12.1 Å². The van der Waals surface area contributed by atoms with Crippen molar-refractivity contribution in [3.8, 4) is 0 Å². The molecule has 88 valence electrons. The van der Waals surface area contributed by atoms with Crippen molar-refractivity contribution in [3.63, 3.8) is 0 Å². The summed E-state index contributed by atoms with van der Waals surface area (Å²) in [6, 6.07) is 7.56. The van der Waals surface area contributed by atoms with E-state index in [1.807, 2.05) is 31.2 Å². The number of hydrogen-bond acceptors (Lipinski definition) is 2. The molecule has 4 nitrogen and oxygen atoms in total. The van der Waals surface area contributed by atoms with Gasteiger partial charge >= 0.3 is 0 Å². The van der Waals surface area contributed by atoms with Crippen molar-refractivity contribution in [1.29, 1.82) is 0 Å². The first-order chi connectivity index (χ1) is 8.25. The van der Waals surface area contributed by atoms with E-state index < -0.39 is 0 Å². The summed E-state index contributed by atoms with van der Waals surface area (Å²) >= 11 is 0. The van der Waals surface area contributed by atoms with E-state index in [4.69, 9.17) is 0 Å². The predicted molar refractivity (Wildman–Crippen MR) is 65.8 cm³/mol. The highest BCUT2D eigenvalue weighted by molar-refractivity contribution is 5.94. The zero-order valence-corrected chi connectivity index (χ0v) is 9.73. The van der Waals surface area contributed by atoms with Gasteiger partial charge in [0.05, 0.1) is 6.33 Å². The maximum atomic E-state index is 11.8. The largest absolute Gasteiger partial charge is 0.352 e. The van der Waals surface area contributed by atoms with Crippen molar-refractivity contribution in [2.45, 2.75) is 13.3 Å². The highest BCUT2D eigenvalue weighted by Crippen LogP contribution is 2.03. The summed E-state index contributed by atoms with van der Waals surface area (Å²) < 4.78 is 0. The Kier molecular flexibility index (Phi) is 3.55. The second-order valence-corrected chi connectivity index (χ2v) is 3.95. The zero-order chi connectivity index (χ0) is 12.1. The van der Waals surface area contributed by atoms with Gasteiger partial charge in [0.25, 0.3) is 5.91 Å². The fourth-order valence-corrected chi connectivity index (χ4v) is 1.62. The molecule has 0 saturated heterocycles. The summed E-state index contributed by atoms with van der Waals surface area (Å²) in [6.45, 7) is 2.58. The van der Waals surface area contributed by atoms with Crippen LogP contribution in [0, 0.1) is 6.92 Å². The lowest BCUT2D eigenvalue weighted by molar-refractivity contribution is 0.0954. The third kappa shape index (κ3) is 3.17. The molecule has 4 heteroatoms. The van der Waals surface area contributed by atoms with Gasteiger partial charge in [-0.25, -0.2) is 4.98 Å². The monoisotopic (exact) mass is 229 g/mol. The van der Waals surface area contributed by atoms with Crippen molar-refractivity contribution in [3.05, 3.63) is 53.6 Å². The third-order valence-corrected chi connectivity index (χ3v) is 2.52. The van der Waals surface area contributed by atoms with Crippen molar-refractivity contribution >= 4 is 5.91 Å². The number of hydrogen-bond donors (Lipinski definition) is 2. The van der Waals surface area contributed by atoms with Crippen LogP contribution in [0.1, 0.15) is 21.6 Å². The maximum absolute atomic E-state index is 11.8. The molecule has 17 heavy (non-hydrogen) atoms. The highest BCUT2D eigenvalue weighted by Gasteiger charge is 2.04. The van der Waals surface area contributed by atoms with Crippen LogP contribution in [0.2, 0.25) is 0 Å². The maximum Gasteiger partial charge on any atom is 0.251 e. The lowest BCUT2D eigenvalue weighted by atomic mass is 10.1. The Bertz CT molecular complexity index is 491. The molecule has 0 aliphatic heterocycles. The van der Waals surface area contributed by atoms with Crippen LogP contribution in [0.15, 0.2) is 36.8 Å². The molecule has 0 radical (unpaired) electrons. The molecular formula is C13H15N3O. The SMILES string of the molecule is Cc1cccc(C(=O)NCCc2cnc[nH]2)c1. The lowest BCUT2D eigenvalue weighted by Gasteiger charge is -2.04. The smallest absolute Gasteiger partial charge is 0.251 e. The number of benzene rings is 1. The van der Waals surface area contributed by atoms with E-state index in [-0.39, 0.29) is 5.91 Å². The first-order valence-corrected chi connectivity index (χ1v) is 5.58. The van der Waals surface area contributed by atoms with Gasteiger partial charge in [0.1, 0.15) is 0 Å². The summed E-state index contributed by atoms with van der Waals surface area (Å²) in [4.78, 5) is 18.7. The first kappa shape index (κ1) is 11.4. The number of nitrogens with zero attached hydrogens (tertiary/aromatic N) is 1. The van der Waals surface area contributed by atoms with Crippen LogP contribution in [0.3, 0.4) is 0 Å². The van der Waals surface area contributed by atoms with Gasteiger partial charge in [-0.1, -0.05) is 17.7 Å². The van der Waals surface area contributed by atoms with E-state index in [1.54, 1.807) is 12.5 Å². The quantitative estimate of drug-likeness (QED) is 0.838. The van der Waals surface area contributed by atoms with Gasteiger partial charge in [-0.15, -0.1) is 0 Å². The molecule has 0 spiro atoms. The summed E-state index contributed by atoms with van der Waals surface area (Å²) in [5.41, 5.74) is 2.82. The Hall–Kier alpha value is -2.10. The standard InChI is InChI=1S/C13H15N3O/c1-10-3-2-4-11(7-10)13(17)15-6-5-12-8-14-9-16-12/h2-4,7-9H,5-6H2,1H3,(H,14,16)(H,15,17). The van der Waals surface area contributed by atoms with Crippen molar-refractivity contribution in [2.24, 2.45) is 0 Å². The van der Waals surface area contributed by atoms with Gasteiger partial charge in [-0.2, -0.15) is 0 Å². The fraction of sp³-hybridized carbons (Fsp3) is 0.231. The van der Waals surface area contributed by atoms with Gasteiger partial charge in [0.15, 0.2) is 0 Å². The molecule has 0 aliphatic carbocycles. The number of imidazole rings is 1. The van der Waals surface area contributed by atoms with Crippen LogP contribution < -0.4 is 5.32 Å². The molecule has 2 rings (SSSR count). The molecule has 0 bridgehead atoms. The van der Waals surface area contributed by atoms with Crippen molar-refractivity contribution in [2.75, 3.05) is 6.54 Å². The summed E-state index contributed by atoms with van der Waals surface area (Å²) in [5.74, 6) is -0.0341. The third-order valence-electron chi connectivity index (χ3n) is 2.52. The molecule has 0 aliphatic rings. The number of aromatic amines is 1. The second kappa shape index (κ2) is 5.30. The van der Waals surface area contributed by atoms with E-state index >= 15 is 0 Å². The van der Waals surface area contributed by atoms with E-state index in [1.165, 1.54) is 0 Å². The van der Waals surface area contributed by atoms with E-state index in [2.05, 4.69) is 15.3 Å². The number of carbonyl (C=O) groups excluding carboxylic acids is 1. The summed E-state index contributed by atoms with van der Waals surface area (Å²) in [6.07, 6.45) is 4.16. The number of aryl methyl sites for hydroxylation is 1. The Morgan fingerprint density at radius 1 is 1.47 bits per heavy atom. The molecule has 0 atom stereocenters. The van der Waals surface area contributed by atoms with E-state index in [9.17, 15) is 4.79 Å². The Labute approximate surface area is 100 Å². The van der Waals surface area contributed by atoms with Gasteiger partial charge in [0, 0.05) is 30.4 Å². The molecule has 0 unspecified atom stereocenters. The van der Waals surface area contributed by atoms with Gasteiger partial charge in [-0.3, -0.25) is 4.79 Å². The minimum Gasteiger partial charge on any atom is -0.352 e. The normalized spacial score (nSPS) is 10.2. The minimum atomic E-state index is -0.0341. The molecule has 1 amide bonds. The molecule has 2 aromatic rings. The van der Waals surface area contributed by atoms with Gasteiger partial charge in [0.2, 0.25) is 0 Å². The number of nitrogens with one attached hydrogen (secondary N) is 2. The summed E-state index contributed by atoms with van der Waals surface area (Å²) in [7, 11) is 0. The van der Waals surface area contributed by atoms with Crippen LogP contribution in [0.4, 0.5) is 0 Å². The van der Waals surface area contributed by atoms with Gasteiger partial charge < -0.3 is 10.3 Å². The van der Waals surface area contributed by atoms with Crippen LogP contribution in [-0.4, -0.2) is 22.4 Å². The molecule has 1 heterocycles. The minimum absolute atomic E-state index is 0.0341. The first-order valence-electron chi connectivity index (χ1n) is 5.58. The summed E-state index contributed by atoms with van der Waals surface area (Å²) in [5, 5.41) is 2.88. The van der Waals surface area contributed by atoms with E-state index in [0.717, 1.165) is 17.7 Å². The van der Waals surface area contributed by atoms with Crippen LogP contribution >= 0.6 is 0 Å². The van der Waals surface area contributed by atoms with Gasteiger partial charge in [-0.05, 0) is 19.1 Å². The predicted octanol–water partition coefficient (Wildman–Crippen LogP) is 1.69. The molecule has 0 fully saturated rings. The van der Waals surface area contributed by atoms with Crippen LogP contribution in [-0.2, 0) is 6.42 Å². The highest BCUT2D eigenvalue weighted by atomic mass is 16.1. The molecule has 2 N–H and O–H groups in total. The molecule has 0 saturated carbocycles. The van der Waals surface area contributed by atoms with Crippen molar-refractivity contribution in [1.82, 2.24) is 15.3 Å². The molecular weight excluding hydrogens is 214 g/mol. The lowest BCUT2D eigenvalue weighted by Crippen LogP contribution is -2.25. The Balaban J connectivity index is 1.85. The molecule has 1 aromatic heterocycles. The Morgan fingerprint density at radius 3 is 3.06 bits per heavy atom. The zero-order valence-electron chi connectivity index (χ0n) is 9.73. The fourth-order valence-electron chi connectivity index (χ4n) is 1.62. The Morgan fingerprint density at radius 2 is 2.35 bits per heavy atom. The van der Waals surface area contributed by atoms with Crippen molar-refractivity contribution < 1.29 is 4.79 Å². The number of amides is 1. The number of aromatic nitrogens is 2. The second-order valence-electron chi connectivity index (χ2n) is 3.95. The van der Waals surface area contributed by atoms with Crippen LogP contribution in [0.25, 0.3) is 0 Å². The average Bonchev–Trinajstić information content (AvgIpc) is 2.82. The average molecular weight is 229 g/mol. The number of H-pyrrole nitrogens is 1.